The fourth-order valence-electron chi connectivity index (χ4n) is 3.82. The molecule has 4 N–H and O–H groups in total. The molecule has 4 rings (SSSR count). The van der Waals surface area contributed by atoms with Crippen molar-refractivity contribution in [1.82, 2.24) is 4.90 Å². The van der Waals surface area contributed by atoms with E-state index < -0.39 is 37.3 Å². The Morgan fingerprint density at radius 3 is 2.30 bits per heavy atom. The molecule has 2 fully saturated rings. The average Bonchev–Trinajstić information content (AvgIpc) is 2.85. The third-order valence-electron chi connectivity index (χ3n) is 5.79. The van der Waals surface area contributed by atoms with E-state index in [1.807, 2.05) is 12.1 Å². The molecule has 0 spiro atoms. The molecule has 9 nitrogen and oxygen atoms in total. The van der Waals surface area contributed by atoms with Crippen LogP contribution in [-0.4, -0.2) is 94.8 Å². The van der Waals surface area contributed by atoms with Crippen molar-refractivity contribution in [3.8, 4) is 16.9 Å². The first-order valence-electron chi connectivity index (χ1n) is 10.6. The van der Waals surface area contributed by atoms with Crippen molar-refractivity contribution in [2.45, 2.75) is 30.7 Å². The van der Waals surface area contributed by atoms with Gasteiger partial charge in [-0.05, 0) is 35.4 Å². The highest BCUT2D eigenvalue weighted by Gasteiger charge is 2.44. The Bertz CT molecular complexity index is 963. The summed E-state index contributed by atoms with van der Waals surface area (Å²) in [6, 6.07) is 12.2. The summed E-state index contributed by atoms with van der Waals surface area (Å²) in [5.41, 5.74) is 2.22. The number of aliphatic hydroxyl groups excluding tert-OH is 4. The highest BCUT2D eigenvalue weighted by Crippen LogP contribution is 2.33. The molecule has 0 aromatic heterocycles. The Kier molecular flexibility index (Phi) is 7.50. The summed E-state index contributed by atoms with van der Waals surface area (Å²) in [4.78, 5) is 14.4. The molecule has 10 heteroatoms. The van der Waals surface area contributed by atoms with Crippen LogP contribution in [0.5, 0.6) is 5.75 Å². The predicted molar refractivity (Wildman–Crippen MR) is 118 cm³/mol. The smallest absolute Gasteiger partial charge is 0.254 e. The molecule has 2 heterocycles. The van der Waals surface area contributed by atoms with Gasteiger partial charge in [-0.3, -0.25) is 4.79 Å². The van der Waals surface area contributed by atoms with Crippen LogP contribution in [0.25, 0.3) is 11.1 Å². The molecule has 5 atom stereocenters. The highest BCUT2D eigenvalue weighted by atomic mass is 35.5. The van der Waals surface area contributed by atoms with Crippen LogP contribution in [-0.2, 0) is 9.47 Å². The Morgan fingerprint density at radius 1 is 1.00 bits per heavy atom. The molecule has 0 radical (unpaired) electrons. The zero-order valence-corrected chi connectivity index (χ0v) is 18.5. The monoisotopic (exact) mass is 479 g/mol. The number of hydrogen-bond acceptors (Lipinski definition) is 8. The van der Waals surface area contributed by atoms with E-state index in [1.54, 1.807) is 35.2 Å². The topological polar surface area (TPSA) is 129 Å². The van der Waals surface area contributed by atoms with E-state index in [1.165, 1.54) is 0 Å². The number of morpholine rings is 1. The zero-order valence-electron chi connectivity index (χ0n) is 17.7. The fraction of sp³-hybridized carbons (Fsp3) is 0.435. The Morgan fingerprint density at radius 2 is 1.67 bits per heavy atom. The number of benzene rings is 2. The normalized spacial score (nSPS) is 27.9. The van der Waals surface area contributed by atoms with Gasteiger partial charge in [0, 0.05) is 18.7 Å². The first-order valence-corrected chi connectivity index (χ1v) is 11.0. The molecule has 2 aromatic carbocycles. The van der Waals surface area contributed by atoms with E-state index in [-0.39, 0.29) is 16.7 Å². The van der Waals surface area contributed by atoms with E-state index >= 15 is 0 Å². The molecule has 1 amide bonds. The van der Waals surface area contributed by atoms with Crippen molar-refractivity contribution < 1.29 is 39.4 Å². The van der Waals surface area contributed by atoms with Gasteiger partial charge in [0.15, 0.2) is 0 Å². The second-order valence-electron chi connectivity index (χ2n) is 7.94. The van der Waals surface area contributed by atoms with Gasteiger partial charge >= 0.3 is 0 Å². The minimum atomic E-state index is -1.54. The summed E-state index contributed by atoms with van der Waals surface area (Å²) in [6.07, 6.45) is -6.95. The average molecular weight is 480 g/mol. The molecule has 2 aliphatic heterocycles. The van der Waals surface area contributed by atoms with E-state index in [0.717, 1.165) is 11.1 Å². The van der Waals surface area contributed by atoms with Crippen molar-refractivity contribution in [3.05, 3.63) is 53.1 Å². The van der Waals surface area contributed by atoms with Gasteiger partial charge in [0.05, 0.1) is 24.8 Å². The van der Waals surface area contributed by atoms with E-state index in [0.29, 0.717) is 31.9 Å². The first kappa shape index (κ1) is 23.9. The summed E-state index contributed by atoms with van der Waals surface area (Å²) in [7, 11) is 0. The molecule has 0 saturated carbocycles. The molecule has 2 aromatic rings. The molecule has 2 unspecified atom stereocenters. The lowest BCUT2D eigenvalue weighted by Crippen LogP contribution is -2.60. The van der Waals surface area contributed by atoms with Gasteiger partial charge in [-0.2, -0.15) is 0 Å². The molecular weight excluding hydrogens is 454 g/mol. The van der Waals surface area contributed by atoms with Crippen LogP contribution in [0.3, 0.4) is 0 Å². The van der Waals surface area contributed by atoms with Crippen LogP contribution in [0.15, 0.2) is 42.5 Å². The van der Waals surface area contributed by atoms with Gasteiger partial charge in [0.2, 0.25) is 6.29 Å². The van der Waals surface area contributed by atoms with Gasteiger partial charge in [-0.15, -0.1) is 0 Å². The van der Waals surface area contributed by atoms with E-state index in [2.05, 4.69) is 0 Å². The summed E-state index contributed by atoms with van der Waals surface area (Å²) in [5.74, 6) is 0.162. The van der Waals surface area contributed by atoms with Crippen molar-refractivity contribution in [2.75, 3.05) is 32.9 Å². The maximum absolute atomic E-state index is 12.6. The number of carbonyl (C=O) groups excluding carboxylic acids is 1. The second-order valence-corrected chi connectivity index (χ2v) is 8.35. The van der Waals surface area contributed by atoms with Gasteiger partial charge in [-0.25, -0.2) is 0 Å². The molecule has 33 heavy (non-hydrogen) atoms. The van der Waals surface area contributed by atoms with Gasteiger partial charge < -0.3 is 39.5 Å². The Hall–Kier alpha value is -2.24. The van der Waals surface area contributed by atoms with Crippen molar-refractivity contribution in [3.63, 3.8) is 0 Å². The highest BCUT2D eigenvalue weighted by molar-refractivity contribution is 6.32. The molecule has 2 saturated heterocycles. The van der Waals surface area contributed by atoms with Gasteiger partial charge in [-0.1, -0.05) is 29.8 Å². The molecule has 178 valence electrons. The Labute approximate surface area is 195 Å². The number of amides is 1. The second kappa shape index (κ2) is 10.4. The zero-order chi connectivity index (χ0) is 23.5. The summed E-state index contributed by atoms with van der Waals surface area (Å²) in [5, 5.41) is 39.5. The number of halogens is 1. The summed E-state index contributed by atoms with van der Waals surface area (Å²) < 4.78 is 16.3. The molecule has 0 aliphatic carbocycles. The summed E-state index contributed by atoms with van der Waals surface area (Å²) in [6.45, 7) is 1.68. The minimum absolute atomic E-state index is 0.0360. The number of nitrogens with zero attached hydrogens (tertiary/aromatic N) is 1. The van der Waals surface area contributed by atoms with Crippen LogP contribution in [0.4, 0.5) is 0 Å². The minimum Gasteiger partial charge on any atom is -0.460 e. The van der Waals surface area contributed by atoms with Crippen molar-refractivity contribution >= 4 is 17.5 Å². The SMILES string of the molecule is O=C(c1ccc(-c2ccc(O[C@H]3OC(CO)[C@@H](O)[C@H](O)C3O)c(Cl)c2)cc1)N1CCOCC1. The van der Waals surface area contributed by atoms with E-state index in [4.69, 9.17) is 25.8 Å². The largest absolute Gasteiger partial charge is 0.460 e. The lowest BCUT2D eigenvalue weighted by molar-refractivity contribution is -0.277. The molecule has 2 aliphatic rings. The van der Waals surface area contributed by atoms with Crippen LogP contribution in [0, 0.1) is 0 Å². The van der Waals surface area contributed by atoms with E-state index in [9.17, 15) is 25.2 Å². The number of hydrogen-bond donors (Lipinski definition) is 4. The predicted octanol–water partition coefficient (Wildman–Crippen LogP) is 0.658. The van der Waals surface area contributed by atoms with Crippen molar-refractivity contribution in [2.24, 2.45) is 0 Å². The van der Waals surface area contributed by atoms with Crippen LogP contribution >= 0.6 is 11.6 Å². The maximum Gasteiger partial charge on any atom is 0.254 e. The van der Waals surface area contributed by atoms with Gasteiger partial charge in [0.25, 0.3) is 5.91 Å². The van der Waals surface area contributed by atoms with Crippen LogP contribution in [0.2, 0.25) is 5.02 Å². The summed E-state index contributed by atoms with van der Waals surface area (Å²) >= 11 is 6.37. The lowest BCUT2D eigenvalue weighted by Gasteiger charge is -2.39. The molecule has 0 bridgehead atoms. The standard InChI is InChI=1S/C23H26ClNO8/c24-16-11-15(13-1-3-14(4-2-13)22(30)25-7-9-31-10-8-25)5-6-17(16)32-23-21(29)20(28)19(27)18(12-26)33-23/h1-6,11,18-21,23,26-29H,7-10,12H2/t18?,19-,20+,21?,23+/m1/s1. The lowest BCUT2D eigenvalue weighted by atomic mass is 9.99. The molecular formula is C23H26ClNO8. The number of rotatable bonds is 5. The van der Waals surface area contributed by atoms with Crippen LogP contribution < -0.4 is 4.74 Å². The quantitative estimate of drug-likeness (QED) is 0.492. The fourth-order valence-corrected chi connectivity index (χ4v) is 4.05. The van der Waals surface area contributed by atoms with Gasteiger partial charge in [0.1, 0.15) is 30.2 Å². The van der Waals surface area contributed by atoms with Crippen LogP contribution in [0.1, 0.15) is 10.4 Å². The first-order chi connectivity index (χ1) is 15.9. The third kappa shape index (κ3) is 5.15. The maximum atomic E-state index is 12.6. The Balaban J connectivity index is 1.45. The third-order valence-corrected chi connectivity index (χ3v) is 6.08. The van der Waals surface area contributed by atoms with Crippen molar-refractivity contribution in [1.29, 1.82) is 0 Å². The number of aliphatic hydroxyl groups is 4. The number of ether oxygens (including phenoxy) is 3. The number of carbonyl (C=O) groups is 1.